The average Bonchev–Trinajstić information content (AvgIpc) is 2.55. The standard InChI is InChI=1S/C10H17NO5/c1-5(12)16-7-4-11-3-2-6(13)8(11)10(15)9(7)14/h6-10,13-15H,2-4H2,1H3/t6-,7?,8?,9?,10?/m0/s1. The topological polar surface area (TPSA) is 90.2 Å². The molecular formula is C10H17NO5. The monoisotopic (exact) mass is 231 g/mol. The number of piperidine rings is 1. The van der Waals surface area contributed by atoms with Crippen LogP contribution in [0, 0.1) is 0 Å². The van der Waals surface area contributed by atoms with Crippen molar-refractivity contribution in [2.24, 2.45) is 0 Å². The first-order chi connectivity index (χ1) is 7.50. The largest absolute Gasteiger partial charge is 0.458 e. The van der Waals surface area contributed by atoms with Gasteiger partial charge in [-0.2, -0.15) is 0 Å². The van der Waals surface area contributed by atoms with E-state index in [1.807, 2.05) is 4.90 Å². The summed E-state index contributed by atoms with van der Waals surface area (Å²) in [5.74, 6) is -0.477. The zero-order valence-electron chi connectivity index (χ0n) is 9.11. The summed E-state index contributed by atoms with van der Waals surface area (Å²) in [6, 6.07) is -0.443. The van der Waals surface area contributed by atoms with Gasteiger partial charge in [0, 0.05) is 20.0 Å². The molecular weight excluding hydrogens is 214 g/mol. The third-order valence-electron chi connectivity index (χ3n) is 3.34. The van der Waals surface area contributed by atoms with Crippen molar-refractivity contribution in [2.75, 3.05) is 13.1 Å². The maximum absolute atomic E-state index is 10.8. The molecule has 3 N–H and O–H groups in total. The van der Waals surface area contributed by atoms with Crippen LogP contribution in [0.15, 0.2) is 0 Å². The van der Waals surface area contributed by atoms with Gasteiger partial charge in [-0.3, -0.25) is 9.69 Å². The van der Waals surface area contributed by atoms with E-state index < -0.39 is 36.4 Å². The number of hydrogen-bond donors (Lipinski definition) is 3. The van der Waals surface area contributed by atoms with Gasteiger partial charge >= 0.3 is 5.97 Å². The number of hydrogen-bond acceptors (Lipinski definition) is 6. The third-order valence-corrected chi connectivity index (χ3v) is 3.34. The van der Waals surface area contributed by atoms with Crippen LogP contribution in [0.1, 0.15) is 13.3 Å². The number of aliphatic hydroxyl groups excluding tert-OH is 3. The lowest BCUT2D eigenvalue weighted by atomic mass is 9.93. The van der Waals surface area contributed by atoms with Crippen molar-refractivity contribution in [2.45, 2.75) is 43.8 Å². The van der Waals surface area contributed by atoms with E-state index >= 15 is 0 Å². The maximum atomic E-state index is 10.8. The van der Waals surface area contributed by atoms with Gasteiger partial charge < -0.3 is 20.1 Å². The predicted molar refractivity (Wildman–Crippen MR) is 53.6 cm³/mol. The minimum Gasteiger partial charge on any atom is -0.458 e. The number of carbonyl (C=O) groups is 1. The van der Waals surface area contributed by atoms with Gasteiger partial charge in [-0.05, 0) is 6.42 Å². The fourth-order valence-corrected chi connectivity index (χ4v) is 2.60. The summed E-state index contributed by atoms with van der Waals surface area (Å²) in [5.41, 5.74) is 0. The normalized spacial score (nSPS) is 44.1. The third kappa shape index (κ3) is 1.93. The number of aliphatic hydroxyl groups is 3. The lowest BCUT2D eigenvalue weighted by Crippen LogP contribution is -2.62. The molecule has 6 nitrogen and oxygen atoms in total. The molecule has 16 heavy (non-hydrogen) atoms. The van der Waals surface area contributed by atoms with Crippen LogP contribution in [0.5, 0.6) is 0 Å². The van der Waals surface area contributed by atoms with E-state index in [4.69, 9.17) is 4.74 Å². The van der Waals surface area contributed by atoms with Gasteiger partial charge in [-0.25, -0.2) is 0 Å². The summed E-state index contributed by atoms with van der Waals surface area (Å²) in [5, 5.41) is 29.3. The van der Waals surface area contributed by atoms with Crippen molar-refractivity contribution >= 4 is 5.97 Å². The fourth-order valence-electron chi connectivity index (χ4n) is 2.60. The molecule has 6 heteroatoms. The Balaban J connectivity index is 2.09. The fraction of sp³-hybridized carbons (Fsp3) is 0.900. The average molecular weight is 231 g/mol. The van der Waals surface area contributed by atoms with Crippen LogP contribution >= 0.6 is 0 Å². The summed E-state index contributed by atoms with van der Waals surface area (Å²) in [7, 11) is 0. The minimum atomic E-state index is -1.13. The Morgan fingerprint density at radius 1 is 1.31 bits per heavy atom. The molecule has 0 bridgehead atoms. The Bertz CT molecular complexity index is 284. The number of ether oxygens (including phenoxy) is 1. The second-order valence-electron chi connectivity index (χ2n) is 4.47. The molecule has 0 spiro atoms. The number of rotatable bonds is 1. The Labute approximate surface area is 93.4 Å². The second kappa shape index (κ2) is 4.29. The highest BCUT2D eigenvalue weighted by Crippen LogP contribution is 2.29. The summed E-state index contributed by atoms with van der Waals surface area (Å²) < 4.78 is 4.95. The quantitative estimate of drug-likeness (QED) is 0.456. The smallest absolute Gasteiger partial charge is 0.303 e. The van der Waals surface area contributed by atoms with Gasteiger partial charge in [0.15, 0.2) is 0 Å². The van der Waals surface area contributed by atoms with E-state index in [2.05, 4.69) is 0 Å². The van der Waals surface area contributed by atoms with Gasteiger partial charge in [0.25, 0.3) is 0 Å². The maximum Gasteiger partial charge on any atom is 0.303 e. The molecule has 2 aliphatic rings. The molecule has 4 unspecified atom stereocenters. The van der Waals surface area contributed by atoms with Crippen LogP contribution in [-0.2, 0) is 9.53 Å². The summed E-state index contributed by atoms with van der Waals surface area (Å²) in [4.78, 5) is 12.7. The Kier molecular flexibility index (Phi) is 3.16. The van der Waals surface area contributed by atoms with Crippen LogP contribution in [-0.4, -0.2) is 69.7 Å². The van der Waals surface area contributed by atoms with Crippen molar-refractivity contribution in [1.82, 2.24) is 4.90 Å². The Hall–Kier alpha value is -0.690. The molecule has 2 saturated heterocycles. The summed E-state index contributed by atoms with van der Waals surface area (Å²) in [6.45, 7) is 2.27. The molecule has 0 radical (unpaired) electrons. The zero-order chi connectivity index (χ0) is 11.9. The first kappa shape index (κ1) is 11.8. The zero-order valence-corrected chi connectivity index (χ0v) is 9.11. The molecule has 2 rings (SSSR count). The van der Waals surface area contributed by atoms with Gasteiger partial charge in [0.05, 0.1) is 12.1 Å². The highest BCUT2D eigenvalue weighted by Gasteiger charge is 2.49. The Morgan fingerprint density at radius 3 is 2.62 bits per heavy atom. The van der Waals surface area contributed by atoms with Crippen LogP contribution in [0.3, 0.4) is 0 Å². The molecule has 0 aromatic carbocycles. The SMILES string of the molecule is CC(=O)OC1CN2CC[C@H](O)C2C(O)C1O. The van der Waals surface area contributed by atoms with E-state index in [1.165, 1.54) is 6.92 Å². The van der Waals surface area contributed by atoms with Gasteiger partial charge in [-0.1, -0.05) is 0 Å². The molecule has 2 fully saturated rings. The van der Waals surface area contributed by atoms with Crippen molar-refractivity contribution in [3.8, 4) is 0 Å². The molecule has 0 saturated carbocycles. The van der Waals surface area contributed by atoms with E-state index in [1.54, 1.807) is 0 Å². The molecule has 0 aromatic heterocycles. The van der Waals surface area contributed by atoms with E-state index in [-0.39, 0.29) is 0 Å². The lowest BCUT2D eigenvalue weighted by molar-refractivity contribution is -0.176. The van der Waals surface area contributed by atoms with Crippen molar-refractivity contribution in [1.29, 1.82) is 0 Å². The molecule has 0 aliphatic carbocycles. The number of nitrogens with zero attached hydrogens (tertiary/aromatic N) is 1. The molecule has 0 amide bonds. The highest BCUT2D eigenvalue weighted by molar-refractivity contribution is 5.66. The van der Waals surface area contributed by atoms with Crippen molar-refractivity contribution < 1.29 is 24.9 Å². The molecule has 0 aromatic rings. The van der Waals surface area contributed by atoms with E-state index in [0.717, 1.165) is 0 Å². The molecule has 2 aliphatic heterocycles. The molecule has 5 atom stereocenters. The molecule has 2 heterocycles. The molecule has 92 valence electrons. The highest BCUT2D eigenvalue weighted by atomic mass is 16.6. The Morgan fingerprint density at radius 2 is 2.00 bits per heavy atom. The predicted octanol–water partition coefficient (Wildman–Crippen LogP) is -1.91. The number of fused-ring (bicyclic) bond motifs is 1. The first-order valence-electron chi connectivity index (χ1n) is 5.46. The van der Waals surface area contributed by atoms with Gasteiger partial charge in [0.2, 0.25) is 0 Å². The van der Waals surface area contributed by atoms with Crippen molar-refractivity contribution in [3.05, 3.63) is 0 Å². The summed E-state index contributed by atoms with van der Waals surface area (Å²) in [6.07, 6.45) is -2.97. The van der Waals surface area contributed by atoms with Crippen LogP contribution in [0.4, 0.5) is 0 Å². The number of esters is 1. The summed E-state index contributed by atoms with van der Waals surface area (Å²) >= 11 is 0. The van der Waals surface area contributed by atoms with Crippen LogP contribution in [0.2, 0.25) is 0 Å². The van der Waals surface area contributed by atoms with Gasteiger partial charge in [0.1, 0.15) is 18.3 Å². The first-order valence-corrected chi connectivity index (χ1v) is 5.46. The van der Waals surface area contributed by atoms with Gasteiger partial charge in [-0.15, -0.1) is 0 Å². The lowest BCUT2D eigenvalue weighted by Gasteiger charge is -2.42. The second-order valence-corrected chi connectivity index (χ2v) is 4.47. The van der Waals surface area contributed by atoms with Crippen LogP contribution < -0.4 is 0 Å². The van der Waals surface area contributed by atoms with E-state index in [9.17, 15) is 20.1 Å². The van der Waals surface area contributed by atoms with Crippen LogP contribution in [0.25, 0.3) is 0 Å². The van der Waals surface area contributed by atoms with E-state index in [0.29, 0.717) is 19.5 Å². The van der Waals surface area contributed by atoms with Crippen molar-refractivity contribution in [3.63, 3.8) is 0 Å². The number of carbonyl (C=O) groups excluding carboxylic acids is 1. The minimum absolute atomic E-state index is 0.361.